The Hall–Kier alpha value is -4.02. The summed E-state index contributed by atoms with van der Waals surface area (Å²) in [5.74, 6) is 2.15. The van der Waals surface area contributed by atoms with Crippen molar-refractivity contribution < 1.29 is 14.3 Å². The van der Waals surface area contributed by atoms with Crippen molar-refractivity contribution in [2.75, 3.05) is 24.3 Å². The fourth-order valence-corrected chi connectivity index (χ4v) is 5.14. The van der Waals surface area contributed by atoms with Gasteiger partial charge in [-0.15, -0.1) is 11.3 Å². The lowest BCUT2D eigenvalue weighted by Crippen LogP contribution is -2.47. The zero-order chi connectivity index (χ0) is 26.2. The van der Waals surface area contributed by atoms with Crippen LogP contribution in [0.2, 0.25) is 0 Å². The largest absolute Gasteiger partial charge is 0.497 e. The first kappa shape index (κ1) is 25.6. The van der Waals surface area contributed by atoms with Crippen molar-refractivity contribution in [2.45, 2.75) is 37.8 Å². The molecule has 2 unspecified atom stereocenters. The second-order valence-electron chi connectivity index (χ2n) is 8.98. The lowest BCUT2D eigenvalue weighted by molar-refractivity contribution is 0.131. The predicted octanol–water partition coefficient (Wildman–Crippen LogP) is 5.38. The Bertz CT molecular complexity index is 1330. The molecule has 38 heavy (non-hydrogen) atoms. The van der Waals surface area contributed by atoms with Gasteiger partial charge in [0.05, 0.1) is 7.11 Å². The smallest absolute Gasteiger partial charge is 0.326 e. The number of hydrogen-bond donors (Lipinski definition) is 3. The Morgan fingerprint density at radius 2 is 1.87 bits per heavy atom. The fourth-order valence-electron chi connectivity index (χ4n) is 4.38. The number of methoxy groups -OCH3 is 1. The molecule has 5 rings (SSSR count). The van der Waals surface area contributed by atoms with Crippen LogP contribution in [0.25, 0.3) is 10.6 Å². The number of carbonyl (C=O) groups excluding carboxylic acids is 1. The minimum Gasteiger partial charge on any atom is -0.497 e. The maximum absolute atomic E-state index is 12.6. The fraction of sp³-hybridized carbons (Fsp3) is 0.286. The molecule has 3 N–H and O–H groups in total. The molecular formula is C28H30N6O3S. The van der Waals surface area contributed by atoms with Gasteiger partial charge in [0.15, 0.2) is 0 Å². The van der Waals surface area contributed by atoms with Gasteiger partial charge in [0, 0.05) is 41.9 Å². The van der Waals surface area contributed by atoms with E-state index in [1.807, 2.05) is 36.4 Å². The Morgan fingerprint density at radius 3 is 2.63 bits per heavy atom. The van der Waals surface area contributed by atoms with Gasteiger partial charge in [-0.1, -0.05) is 24.6 Å². The van der Waals surface area contributed by atoms with Crippen molar-refractivity contribution in [1.29, 1.82) is 0 Å². The molecule has 2 amide bonds. The first-order chi connectivity index (χ1) is 18.7. The van der Waals surface area contributed by atoms with Crippen molar-refractivity contribution in [3.8, 4) is 22.2 Å². The summed E-state index contributed by atoms with van der Waals surface area (Å²) in [6, 6.07) is 17.0. The summed E-state index contributed by atoms with van der Waals surface area (Å²) in [6.07, 6.45) is 7.41. The first-order valence-electron chi connectivity index (χ1n) is 12.6. The summed E-state index contributed by atoms with van der Waals surface area (Å²) < 4.78 is 11.7. The molecule has 10 heteroatoms. The number of hydrogen-bond acceptors (Lipinski definition) is 8. The van der Waals surface area contributed by atoms with Crippen LogP contribution in [0.15, 0.2) is 72.4 Å². The van der Waals surface area contributed by atoms with Gasteiger partial charge in [-0.2, -0.15) is 4.98 Å². The first-order valence-corrected chi connectivity index (χ1v) is 13.5. The monoisotopic (exact) mass is 530 g/mol. The molecular weight excluding hydrogens is 500 g/mol. The lowest BCUT2D eigenvalue weighted by atomic mass is 9.95. The van der Waals surface area contributed by atoms with Gasteiger partial charge in [-0.3, -0.25) is 15.6 Å². The summed E-state index contributed by atoms with van der Waals surface area (Å²) in [6.45, 7) is 0.974. The number of anilines is 2. The number of amides is 2. The maximum atomic E-state index is 12.6. The SMILES string of the molecule is COc1ccc(CC(Oc2cccc(NC(=O)Nc3csc(-c4ccncc4)n3)n2)C2CCCCN2)cc1. The number of urea groups is 1. The molecule has 1 aliphatic heterocycles. The van der Waals surface area contributed by atoms with E-state index in [2.05, 4.69) is 43.0 Å². The topological polar surface area (TPSA) is 110 Å². The van der Waals surface area contributed by atoms with Gasteiger partial charge in [-0.25, -0.2) is 9.78 Å². The van der Waals surface area contributed by atoms with Gasteiger partial charge in [0.1, 0.15) is 28.5 Å². The molecule has 4 aromatic rings. The third-order valence-corrected chi connectivity index (χ3v) is 7.19. The zero-order valence-corrected chi connectivity index (χ0v) is 21.9. The Balaban J connectivity index is 1.23. The van der Waals surface area contributed by atoms with Crippen molar-refractivity contribution in [1.82, 2.24) is 20.3 Å². The van der Waals surface area contributed by atoms with Crippen molar-refractivity contribution >= 4 is 29.0 Å². The van der Waals surface area contributed by atoms with Crippen LogP contribution >= 0.6 is 11.3 Å². The molecule has 1 saturated heterocycles. The second-order valence-corrected chi connectivity index (χ2v) is 9.84. The Kier molecular flexibility index (Phi) is 8.42. The predicted molar refractivity (Wildman–Crippen MR) is 149 cm³/mol. The van der Waals surface area contributed by atoms with E-state index in [4.69, 9.17) is 9.47 Å². The van der Waals surface area contributed by atoms with Crippen LogP contribution in [0.3, 0.4) is 0 Å². The van der Waals surface area contributed by atoms with Crippen LogP contribution in [0.4, 0.5) is 16.4 Å². The molecule has 1 aromatic carbocycles. The molecule has 196 valence electrons. The highest BCUT2D eigenvalue weighted by molar-refractivity contribution is 7.13. The second kappa shape index (κ2) is 12.5. The van der Waals surface area contributed by atoms with Gasteiger partial charge >= 0.3 is 6.03 Å². The lowest BCUT2D eigenvalue weighted by Gasteiger charge is -2.31. The molecule has 0 aliphatic carbocycles. The van der Waals surface area contributed by atoms with E-state index in [9.17, 15) is 4.79 Å². The van der Waals surface area contributed by atoms with Crippen molar-refractivity contribution in [2.24, 2.45) is 0 Å². The van der Waals surface area contributed by atoms with Crippen LogP contribution in [-0.2, 0) is 6.42 Å². The molecule has 0 saturated carbocycles. The summed E-state index contributed by atoms with van der Waals surface area (Å²) >= 11 is 1.45. The third-order valence-electron chi connectivity index (χ3n) is 6.30. The van der Waals surface area contributed by atoms with E-state index in [1.54, 1.807) is 30.9 Å². The average Bonchev–Trinajstić information content (AvgIpc) is 3.42. The maximum Gasteiger partial charge on any atom is 0.326 e. The Labute approximate surface area is 225 Å². The number of carbonyl (C=O) groups is 1. The number of benzene rings is 1. The van der Waals surface area contributed by atoms with E-state index >= 15 is 0 Å². The van der Waals surface area contributed by atoms with Crippen LogP contribution < -0.4 is 25.4 Å². The minimum absolute atomic E-state index is 0.109. The van der Waals surface area contributed by atoms with Gasteiger partial charge in [-0.05, 0) is 55.3 Å². The molecule has 0 bridgehead atoms. The highest BCUT2D eigenvalue weighted by Crippen LogP contribution is 2.26. The highest BCUT2D eigenvalue weighted by atomic mass is 32.1. The van der Waals surface area contributed by atoms with E-state index in [0.717, 1.165) is 47.7 Å². The number of thiazole rings is 1. The molecule has 0 spiro atoms. The number of pyridine rings is 2. The average molecular weight is 531 g/mol. The summed E-state index contributed by atoms with van der Waals surface area (Å²) in [7, 11) is 1.66. The molecule has 3 aromatic heterocycles. The number of ether oxygens (including phenoxy) is 2. The van der Waals surface area contributed by atoms with E-state index in [-0.39, 0.29) is 12.1 Å². The quantitative estimate of drug-likeness (QED) is 0.266. The van der Waals surface area contributed by atoms with Gasteiger partial charge in [0.2, 0.25) is 5.88 Å². The van der Waals surface area contributed by atoms with Gasteiger partial charge in [0.25, 0.3) is 0 Å². The number of nitrogens with one attached hydrogen (secondary N) is 3. The Morgan fingerprint density at radius 1 is 1.05 bits per heavy atom. The highest BCUT2D eigenvalue weighted by Gasteiger charge is 2.26. The van der Waals surface area contributed by atoms with Crippen LogP contribution in [0.1, 0.15) is 24.8 Å². The summed E-state index contributed by atoms with van der Waals surface area (Å²) in [5, 5.41) is 11.7. The standard InChI is InChI=1S/C28H30N6O3S/c1-36-21-10-8-19(9-11-21)17-23(22-5-2-3-14-30-22)37-26-7-4-6-24(31-26)33-28(35)34-25-18-38-27(32-25)20-12-15-29-16-13-20/h4,6-13,15-16,18,22-23,30H,2-3,5,14,17H2,1H3,(H2,31,33,34,35). The summed E-state index contributed by atoms with van der Waals surface area (Å²) in [5.41, 5.74) is 2.10. The normalized spacial score (nSPS) is 15.9. The molecule has 1 aliphatic rings. The van der Waals surface area contributed by atoms with E-state index in [0.29, 0.717) is 17.5 Å². The molecule has 1 fully saturated rings. The minimum atomic E-state index is -0.426. The molecule has 0 radical (unpaired) electrons. The molecule has 2 atom stereocenters. The zero-order valence-electron chi connectivity index (χ0n) is 21.1. The van der Waals surface area contributed by atoms with Crippen LogP contribution in [-0.4, -0.2) is 46.8 Å². The van der Waals surface area contributed by atoms with Crippen LogP contribution in [0.5, 0.6) is 11.6 Å². The molecule has 9 nitrogen and oxygen atoms in total. The number of rotatable bonds is 9. The van der Waals surface area contributed by atoms with Crippen molar-refractivity contribution in [3.63, 3.8) is 0 Å². The van der Waals surface area contributed by atoms with Crippen molar-refractivity contribution in [3.05, 3.63) is 77.9 Å². The summed E-state index contributed by atoms with van der Waals surface area (Å²) in [4.78, 5) is 25.7. The van der Waals surface area contributed by atoms with E-state index in [1.165, 1.54) is 17.8 Å². The van der Waals surface area contributed by atoms with Crippen LogP contribution in [0, 0.1) is 0 Å². The van der Waals surface area contributed by atoms with E-state index < -0.39 is 6.03 Å². The molecule has 4 heterocycles. The number of aromatic nitrogens is 3. The third kappa shape index (κ3) is 6.84. The van der Waals surface area contributed by atoms with Gasteiger partial charge < -0.3 is 14.8 Å². The number of piperidine rings is 1. The number of nitrogens with zero attached hydrogens (tertiary/aromatic N) is 3.